The van der Waals surface area contributed by atoms with Gasteiger partial charge >= 0.3 is 0 Å². The first-order chi connectivity index (χ1) is 13.2. The number of nitrogens with one attached hydrogen (secondary N) is 1. The molecule has 0 atom stereocenters. The smallest absolute Gasteiger partial charge is 0.161 e. The fourth-order valence-electron chi connectivity index (χ4n) is 2.84. The molecule has 1 aromatic heterocycles. The third-order valence-electron chi connectivity index (χ3n) is 4.42. The number of hydrogen-bond donors (Lipinski definition) is 1. The number of anilines is 1. The Bertz CT molecular complexity index is 899. The SMILES string of the molecule is CCCCc1ccc(/C(C)=N/Nc2cc(C)nc(-c3ccccc3)n2)cc1. The maximum Gasteiger partial charge on any atom is 0.161 e. The highest BCUT2D eigenvalue weighted by Gasteiger charge is 2.05. The highest BCUT2D eigenvalue weighted by Crippen LogP contribution is 2.17. The largest absolute Gasteiger partial charge is 0.261 e. The van der Waals surface area contributed by atoms with E-state index in [1.54, 1.807) is 0 Å². The summed E-state index contributed by atoms with van der Waals surface area (Å²) in [6, 6.07) is 20.5. The zero-order chi connectivity index (χ0) is 19.1. The minimum Gasteiger partial charge on any atom is -0.261 e. The van der Waals surface area contributed by atoms with Crippen molar-refractivity contribution in [3.8, 4) is 11.4 Å². The summed E-state index contributed by atoms with van der Waals surface area (Å²) in [7, 11) is 0. The Kier molecular flexibility index (Phi) is 6.31. The summed E-state index contributed by atoms with van der Waals surface area (Å²) in [5.74, 6) is 1.39. The number of unbranched alkanes of at least 4 members (excludes halogenated alkanes) is 1. The first kappa shape index (κ1) is 18.8. The van der Waals surface area contributed by atoms with E-state index in [9.17, 15) is 0 Å². The minimum absolute atomic E-state index is 0.695. The molecular weight excluding hydrogens is 332 g/mol. The molecule has 0 saturated carbocycles. The average Bonchev–Trinajstić information content (AvgIpc) is 2.71. The van der Waals surface area contributed by atoms with E-state index in [0.717, 1.165) is 29.0 Å². The molecule has 0 saturated heterocycles. The van der Waals surface area contributed by atoms with Crippen molar-refractivity contribution in [3.63, 3.8) is 0 Å². The molecule has 0 fully saturated rings. The van der Waals surface area contributed by atoms with E-state index in [4.69, 9.17) is 0 Å². The zero-order valence-corrected chi connectivity index (χ0v) is 16.2. The van der Waals surface area contributed by atoms with Crippen molar-refractivity contribution in [1.29, 1.82) is 0 Å². The summed E-state index contributed by atoms with van der Waals surface area (Å²) >= 11 is 0. The summed E-state index contributed by atoms with van der Waals surface area (Å²) in [6.07, 6.45) is 3.58. The molecule has 0 amide bonds. The van der Waals surface area contributed by atoms with Crippen molar-refractivity contribution in [3.05, 3.63) is 77.5 Å². The number of aryl methyl sites for hydroxylation is 2. The molecule has 1 heterocycles. The van der Waals surface area contributed by atoms with Crippen LogP contribution >= 0.6 is 0 Å². The number of hydrogen-bond acceptors (Lipinski definition) is 4. The fourth-order valence-corrected chi connectivity index (χ4v) is 2.84. The van der Waals surface area contributed by atoms with Gasteiger partial charge in [0, 0.05) is 17.3 Å². The monoisotopic (exact) mass is 358 g/mol. The predicted molar refractivity (Wildman–Crippen MR) is 113 cm³/mol. The quantitative estimate of drug-likeness (QED) is 0.440. The Morgan fingerprint density at radius 2 is 1.74 bits per heavy atom. The Balaban J connectivity index is 1.74. The van der Waals surface area contributed by atoms with Crippen molar-refractivity contribution in [2.45, 2.75) is 40.0 Å². The molecule has 4 heteroatoms. The summed E-state index contributed by atoms with van der Waals surface area (Å²) in [4.78, 5) is 9.11. The van der Waals surface area contributed by atoms with Crippen LogP contribution in [0.15, 0.2) is 65.8 Å². The van der Waals surface area contributed by atoms with Crippen molar-refractivity contribution < 1.29 is 0 Å². The minimum atomic E-state index is 0.695. The van der Waals surface area contributed by atoms with Crippen molar-refractivity contribution in [1.82, 2.24) is 9.97 Å². The highest BCUT2D eigenvalue weighted by atomic mass is 15.3. The van der Waals surface area contributed by atoms with Gasteiger partial charge in [-0.3, -0.25) is 5.43 Å². The molecule has 0 aliphatic rings. The number of rotatable bonds is 7. The second-order valence-corrected chi connectivity index (χ2v) is 6.69. The molecule has 1 N–H and O–H groups in total. The standard InChI is InChI=1S/C23H26N4/c1-4-5-9-19-12-14-20(15-13-19)18(3)26-27-22-16-17(2)24-23(25-22)21-10-7-6-8-11-21/h6-8,10-16H,4-5,9H2,1-3H3,(H,24,25,27)/b26-18+. The summed E-state index contributed by atoms with van der Waals surface area (Å²) in [5, 5.41) is 4.51. The van der Waals surface area contributed by atoms with E-state index in [0.29, 0.717) is 11.6 Å². The van der Waals surface area contributed by atoms with Gasteiger partial charge in [0.05, 0.1) is 5.71 Å². The van der Waals surface area contributed by atoms with Gasteiger partial charge in [-0.2, -0.15) is 5.10 Å². The van der Waals surface area contributed by atoms with Gasteiger partial charge in [-0.1, -0.05) is 67.9 Å². The van der Waals surface area contributed by atoms with Gasteiger partial charge in [0.1, 0.15) is 0 Å². The zero-order valence-electron chi connectivity index (χ0n) is 16.2. The van der Waals surface area contributed by atoms with E-state index in [1.807, 2.05) is 50.2 Å². The molecule has 0 spiro atoms. The molecule has 0 unspecified atom stereocenters. The van der Waals surface area contributed by atoms with Crippen LogP contribution in [0.3, 0.4) is 0 Å². The lowest BCUT2D eigenvalue weighted by molar-refractivity contribution is 0.795. The van der Waals surface area contributed by atoms with Gasteiger partial charge in [-0.25, -0.2) is 9.97 Å². The van der Waals surface area contributed by atoms with Crippen LogP contribution in [0.5, 0.6) is 0 Å². The van der Waals surface area contributed by atoms with E-state index in [-0.39, 0.29) is 0 Å². The van der Waals surface area contributed by atoms with Crippen LogP contribution in [-0.4, -0.2) is 15.7 Å². The second-order valence-electron chi connectivity index (χ2n) is 6.69. The average molecular weight is 358 g/mol. The van der Waals surface area contributed by atoms with Crippen LogP contribution in [0.2, 0.25) is 0 Å². The van der Waals surface area contributed by atoms with Gasteiger partial charge in [-0.15, -0.1) is 0 Å². The van der Waals surface area contributed by atoms with Gasteiger partial charge < -0.3 is 0 Å². The van der Waals surface area contributed by atoms with Crippen molar-refractivity contribution >= 4 is 11.5 Å². The Morgan fingerprint density at radius 1 is 1.00 bits per heavy atom. The van der Waals surface area contributed by atoms with Crippen molar-refractivity contribution in [2.75, 3.05) is 5.43 Å². The van der Waals surface area contributed by atoms with Crippen LogP contribution < -0.4 is 5.43 Å². The van der Waals surface area contributed by atoms with Crippen LogP contribution in [-0.2, 0) is 6.42 Å². The third-order valence-corrected chi connectivity index (χ3v) is 4.42. The first-order valence-electron chi connectivity index (χ1n) is 9.46. The molecule has 3 rings (SSSR count). The topological polar surface area (TPSA) is 50.2 Å². The molecule has 0 bridgehead atoms. The van der Waals surface area contributed by atoms with E-state index >= 15 is 0 Å². The number of nitrogens with zero attached hydrogens (tertiary/aromatic N) is 3. The van der Waals surface area contributed by atoms with E-state index in [2.05, 4.69) is 51.7 Å². The van der Waals surface area contributed by atoms with Crippen LogP contribution in [0, 0.1) is 6.92 Å². The lowest BCUT2D eigenvalue weighted by Gasteiger charge is -2.07. The Hall–Kier alpha value is -3.01. The van der Waals surface area contributed by atoms with Crippen LogP contribution in [0.25, 0.3) is 11.4 Å². The van der Waals surface area contributed by atoms with Gasteiger partial charge in [0.15, 0.2) is 11.6 Å². The third kappa shape index (κ3) is 5.23. The lowest BCUT2D eigenvalue weighted by Crippen LogP contribution is -2.03. The molecule has 2 aromatic carbocycles. The maximum atomic E-state index is 4.59. The normalized spacial score (nSPS) is 11.4. The predicted octanol–water partition coefficient (Wildman–Crippen LogP) is 5.63. The number of hydrazone groups is 1. The van der Waals surface area contributed by atoms with Crippen molar-refractivity contribution in [2.24, 2.45) is 5.10 Å². The molecule has 4 nitrogen and oxygen atoms in total. The van der Waals surface area contributed by atoms with E-state index in [1.165, 1.54) is 18.4 Å². The number of benzene rings is 2. The molecule has 0 aliphatic heterocycles. The van der Waals surface area contributed by atoms with E-state index < -0.39 is 0 Å². The molecule has 0 aliphatic carbocycles. The van der Waals surface area contributed by atoms with Gasteiger partial charge in [0.2, 0.25) is 0 Å². The summed E-state index contributed by atoms with van der Waals surface area (Å²) in [5.41, 5.74) is 8.38. The van der Waals surface area contributed by atoms with Gasteiger partial charge in [0.25, 0.3) is 0 Å². The first-order valence-corrected chi connectivity index (χ1v) is 9.46. The molecule has 138 valence electrons. The fraction of sp³-hybridized carbons (Fsp3) is 0.261. The Labute approximate surface area is 161 Å². The Morgan fingerprint density at radius 3 is 2.44 bits per heavy atom. The maximum absolute atomic E-state index is 4.59. The molecule has 0 radical (unpaired) electrons. The lowest BCUT2D eigenvalue weighted by atomic mass is 10.0. The van der Waals surface area contributed by atoms with Gasteiger partial charge in [-0.05, 0) is 37.8 Å². The molecule has 3 aromatic rings. The highest BCUT2D eigenvalue weighted by molar-refractivity contribution is 5.99. The molecule has 27 heavy (non-hydrogen) atoms. The number of aromatic nitrogens is 2. The van der Waals surface area contributed by atoms with Crippen LogP contribution in [0.1, 0.15) is 43.5 Å². The summed E-state index contributed by atoms with van der Waals surface area (Å²) < 4.78 is 0. The van der Waals surface area contributed by atoms with Crippen LogP contribution in [0.4, 0.5) is 5.82 Å². The summed E-state index contributed by atoms with van der Waals surface area (Å²) in [6.45, 7) is 6.18. The second kappa shape index (κ2) is 9.08. The molecular formula is C23H26N4.